The number of thiazole rings is 1. The van der Waals surface area contributed by atoms with Gasteiger partial charge in [-0.1, -0.05) is 54.2 Å². The van der Waals surface area contributed by atoms with Crippen molar-refractivity contribution in [3.8, 4) is 11.4 Å². The molecule has 4 aromatic rings. The largest absolute Gasteiger partial charge is 0.323 e. The highest BCUT2D eigenvalue weighted by Gasteiger charge is 2.09. The molecule has 0 atom stereocenters. The molecule has 1 amide bonds. The zero-order valence-corrected chi connectivity index (χ0v) is 15.3. The molecular formula is C19H14N4OS2. The summed E-state index contributed by atoms with van der Waals surface area (Å²) in [7, 11) is 0. The summed E-state index contributed by atoms with van der Waals surface area (Å²) in [6, 6.07) is 17.7. The van der Waals surface area contributed by atoms with Gasteiger partial charge in [0.15, 0.2) is 10.2 Å². The minimum atomic E-state index is -0.106. The molecular weight excluding hydrogens is 364 g/mol. The number of aromatic nitrogens is 3. The van der Waals surface area contributed by atoms with Gasteiger partial charge in [-0.05, 0) is 12.1 Å². The first-order chi connectivity index (χ1) is 12.8. The summed E-state index contributed by atoms with van der Waals surface area (Å²) in [6.07, 6.45) is 3.24. The van der Waals surface area contributed by atoms with Gasteiger partial charge in [0, 0.05) is 5.56 Å². The summed E-state index contributed by atoms with van der Waals surface area (Å²) in [5.74, 6) is 0.818. The number of thioether (sulfide) groups is 1. The van der Waals surface area contributed by atoms with Gasteiger partial charge in [0.25, 0.3) is 0 Å². The highest BCUT2D eigenvalue weighted by Crippen LogP contribution is 2.29. The highest BCUT2D eigenvalue weighted by atomic mass is 32.2. The Morgan fingerprint density at radius 3 is 2.50 bits per heavy atom. The second-order valence-electron chi connectivity index (χ2n) is 5.45. The molecule has 128 valence electrons. The fraction of sp³-hybridized carbons (Fsp3) is 0.0526. The number of carbonyl (C=O) groups excluding carboxylic acids is 1. The number of fused-ring (bicyclic) bond motifs is 1. The van der Waals surface area contributed by atoms with Crippen LogP contribution in [0.4, 0.5) is 5.69 Å². The lowest BCUT2D eigenvalue weighted by Gasteiger charge is -2.05. The van der Waals surface area contributed by atoms with Crippen LogP contribution in [0.5, 0.6) is 0 Å². The fourth-order valence-corrected chi connectivity index (χ4v) is 4.23. The van der Waals surface area contributed by atoms with Crippen LogP contribution in [-0.2, 0) is 4.79 Å². The van der Waals surface area contributed by atoms with Crippen LogP contribution < -0.4 is 5.32 Å². The van der Waals surface area contributed by atoms with Crippen LogP contribution >= 0.6 is 23.1 Å². The topological polar surface area (TPSA) is 67.8 Å². The molecule has 2 heterocycles. The van der Waals surface area contributed by atoms with Gasteiger partial charge < -0.3 is 5.32 Å². The molecule has 0 aliphatic carbocycles. The Kier molecular flexibility index (Phi) is 4.90. The molecule has 0 aliphatic heterocycles. The number of hydrogen-bond acceptors (Lipinski definition) is 6. The number of hydrogen-bond donors (Lipinski definition) is 1. The second kappa shape index (κ2) is 7.63. The van der Waals surface area contributed by atoms with Gasteiger partial charge in [-0.3, -0.25) is 4.79 Å². The van der Waals surface area contributed by atoms with Crippen molar-refractivity contribution >= 4 is 44.9 Å². The van der Waals surface area contributed by atoms with Crippen molar-refractivity contribution in [2.45, 2.75) is 4.34 Å². The smallest absolute Gasteiger partial charge is 0.234 e. The monoisotopic (exact) mass is 378 g/mol. The quantitative estimate of drug-likeness (QED) is 0.519. The van der Waals surface area contributed by atoms with Crippen molar-refractivity contribution in [3.63, 3.8) is 0 Å². The standard InChI is InChI=1S/C19H14N4OS2/c24-17(12-25-19-23-15-8-4-5-9-16(15)26-19)22-14-10-20-18(21-11-14)13-6-2-1-3-7-13/h1-11H,12H2,(H,22,24). The normalized spacial score (nSPS) is 10.8. The summed E-state index contributed by atoms with van der Waals surface area (Å²) < 4.78 is 2.01. The summed E-state index contributed by atoms with van der Waals surface area (Å²) in [4.78, 5) is 25.3. The Morgan fingerprint density at radius 1 is 1.00 bits per heavy atom. The SMILES string of the molecule is O=C(CSc1nc2ccccc2s1)Nc1cnc(-c2ccccc2)nc1. The van der Waals surface area contributed by atoms with Gasteiger partial charge in [0.05, 0.1) is 34.1 Å². The Bertz CT molecular complexity index is 999. The zero-order valence-electron chi connectivity index (χ0n) is 13.6. The average molecular weight is 378 g/mol. The molecule has 0 spiro atoms. The summed E-state index contributed by atoms with van der Waals surface area (Å²) in [5.41, 5.74) is 2.49. The van der Waals surface area contributed by atoms with E-state index in [0.717, 1.165) is 20.1 Å². The van der Waals surface area contributed by atoms with E-state index >= 15 is 0 Å². The minimum absolute atomic E-state index is 0.106. The Labute approximate surface area is 158 Å². The lowest BCUT2D eigenvalue weighted by molar-refractivity contribution is -0.113. The first kappa shape index (κ1) is 16.7. The molecule has 7 heteroatoms. The third-order valence-electron chi connectivity index (χ3n) is 3.57. The van der Waals surface area contributed by atoms with Gasteiger partial charge in [-0.25, -0.2) is 15.0 Å². The van der Waals surface area contributed by atoms with Gasteiger partial charge in [0.2, 0.25) is 5.91 Å². The maximum absolute atomic E-state index is 12.1. The van der Waals surface area contributed by atoms with Crippen molar-refractivity contribution in [1.82, 2.24) is 15.0 Å². The zero-order chi connectivity index (χ0) is 17.8. The first-order valence-electron chi connectivity index (χ1n) is 7.93. The predicted octanol–water partition coefficient (Wildman–Crippen LogP) is 4.48. The van der Waals surface area contributed by atoms with Crippen molar-refractivity contribution < 1.29 is 4.79 Å². The summed E-state index contributed by atoms with van der Waals surface area (Å²) in [5, 5.41) is 2.82. The lowest BCUT2D eigenvalue weighted by atomic mass is 10.2. The molecule has 0 unspecified atom stereocenters. The number of amides is 1. The number of benzene rings is 2. The Morgan fingerprint density at radius 2 is 1.73 bits per heavy atom. The van der Waals surface area contributed by atoms with Gasteiger partial charge in [0.1, 0.15) is 0 Å². The van der Waals surface area contributed by atoms with Gasteiger partial charge >= 0.3 is 0 Å². The van der Waals surface area contributed by atoms with Crippen LogP contribution in [-0.4, -0.2) is 26.6 Å². The van der Waals surface area contributed by atoms with Crippen LogP contribution in [0, 0.1) is 0 Å². The molecule has 1 N–H and O–H groups in total. The molecule has 2 aromatic carbocycles. The number of rotatable bonds is 5. The van der Waals surface area contributed by atoms with Crippen molar-refractivity contribution in [2.24, 2.45) is 0 Å². The second-order valence-corrected chi connectivity index (χ2v) is 7.70. The number of anilines is 1. The van der Waals surface area contributed by atoms with Crippen LogP contribution in [0.3, 0.4) is 0 Å². The van der Waals surface area contributed by atoms with Crippen LogP contribution in [0.2, 0.25) is 0 Å². The third-order valence-corrected chi connectivity index (χ3v) is 5.75. The Balaban J connectivity index is 1.35. The number of para-hydroxylation sites is 1. The average Bonchev–Trinajstić information content (AvgIpc) is 3.11. The van der Waals surface area contributed by atoms with Crippen molar-refractivity contribution in [2.75, 3.05) is 11.1 Å². The van der Waals surface area contributed by atoms with Gasteiger partial charge in [-0.15, -0.1) is 11.3 Å². The number of nitrogens with zero attached hydrogens (tertiary/aromatic N) is 3. The van der Waals surface area contributed by atoms with E-state index in [0.29, 0.717) is 17.3 Å². The molecule has 5 nitrogen and oxygen atoms in total. The van der Waals surface area contributed by atoms with E-state index in [2.05, 4.69) is 20.3 Å². The lowest BCUT2D eigenvalue weighted by Crippen LogP contribution is -2.14. The van der Waals surface area contributed by atoms with E-state index < -0.39 is 0 Å². The van der Waals surface area contributed by atoms with Crippen molar-refractivity contribution in [1.29, 1.82) is 0 Å². The van der Waals surface area contributed by atoms with Crippen LogP contribution in [0.15, 0.2) is 71.3 Å². The molecule has 0 fully saturated rings. The van der Waals surface area contributed by atoms with E-state index in [1.54, 1.807) is 23.7 Å². The Hall–Kier alpha value is -2.77. The highest BCUT2D eigenvalue weighted by molar-refractivity contribution is 8.01. The third kappa shape index (κ3) is 3.89. The van der Waals surface area contributed by atoms with Gasteiger partial charge in [-0.2, -0.15) is 0 Å². The fourth-order valence-electron chi connectivity index (χ4n) is 2.37. The van der Waals surface area contributed by atoms with E-state index in [9.17, 15) is 4.79 Å². The van der Waals surface area contributed by atoms with E-state index in [-0.39, 0.29) is 5.91 Å². The van der Waals surface area contributed by atoms with Crippen LogP contribution in [0.25, 0.3) is 21.6 Å². The predicted molar refractivity (Wildman–Crippen MR) is 106 cm³/mol. The maximum atomic E-state index is 12.1. The van der Waals surface area contributed by atoms with Crippen LogP contribution in [0.1, 0.15) is 0 Å². The molecule has 4 rings (SSSR count). The molecule has 0 aliphatic rings. The summed E-state index contributed by atoms with van der Waals surface area (Å²) >= 11 is 3.02. The van der Waals surface area contributed by atoms with E-state index in [1.165, 1.54) is 11.8 Å². The molecule has 2 aromatic heterocycles. The minimum Gasteiger partial charge on any atom is -0.323 e. The molecule has 0 radical (unpaired) electrons. The van der Waals surface area contributed by atoms with E-state index in [4.69, 9.17) is 0 Å². The van der Waals surface area contributed by atoms with E-state index in [1.807, 2.05) is 54.6 Å². The molecule has 0 saturated heterocycles. The molecule has 0 bridgehead atoms. The molecule has 0 saturated carbocycles. The number of carbonyl (C=O) groups is 1. The van der Waals surface area contributed by atoms with Crippen molar-refractivity contribution in [3.05, 3.63) is 67.0 Å². The molecule has 26 heavy (non-hydrogen) atoms. The summed E-state index contributed by atoms with van der Waals surface area (Å²) in [6.45, 7) is 0. The first-order valence-corrected chi connectivity index (χ1v) is 9.74. The maximum Gasteiger partial charge on any atom is 0.234 e. The number of nitrogens with one attached hydrogen (secondary N) is 1.